The van der Waals surface area contributed by atoms with Gasteiger partial charge in [-0.25, -0.2) is 0 Å². The fourth-order valence-corrected chi connectivity index (χ4v) is 2.15. The molecule has 0 fully saturated rings. The van der Waals surface area contributed by atoms with Gasteiger partial charge in [-0.15, -0.1) is 0 Å². The van der Waals surface area contributed by atoms with Crippen LogP contribution in [-0.4, -0.2) is 21.4 Å². The predicted molar refractivity (Wildman–Crippen MR) is 67.8 cm³/mol. The first-order chi connectivity index (χ1) is 9.26. The van der Waals surface area contributed by atoms with Crippen LogP contribution in [0, 0.1) is 0 Å². The fraction of sp³-hybridized carbons (Fsp3) is 0.429. The molecular formula is C14H16N2O3. The van der Waals surface area contributed by atoms with Gasteiger partial charge in [0.2, 0.25) is 11.7 Å². The van der Waals surface area contributed by atoms with Crippen LogP contribution in [0.4, 0.5) is 0 Å². The number of aliphatic hydroxyl groups is 1. The number of hydrogen-bond donors (Lipinski definition) is 1. The van der Waals surface area contributed by atoms with Crippen LogP contribution in [-0.2, 0) is 12.8 Å². The summed E-state index contributed by atoms with van der Waals surface area (Å²) in [5, 5.41) is 13.5. The summed E-state index contributed by atoms with van der Waals surface area (Å²) in [6, 6.07) is 7.92. The average Bonchev–Trinajstić information content (AvgIpc) is 3.04. The molecule has 0 radical (unpaired) electrons. The van der Waals surface area contributed by atoms with Gasteiger partial charge in [-0.1, -0.05) is 30.3 Å². The van der Waals surface area contributed by atoms with E-state index in [2.05, 4.69) is 10.1 Å². The van der Waals surface area contributed by atoms with Gasteiger partial charge in [0.05, 0.1) is 12.5 Å². The molecular weight excluding hydrogens is 244 g/mol. The molecule has 2 heterocycles. The SMILES string of the molecule is CCC(O)Cc1nc(C2Cc3ccccc3O2)no1. The van der Waals surface area contributed by atoms with Crippen molar-refractivity contribution >= 4 is 0 Å². The van der Waals surface area contributed by atoms with Crippen molar-refractivity contribution in [2.45, 2.75) is 38.4 Å². The molecule has 1 aromatic carbocycles. The Balaban J connectivity index is 1.72. The van der Waals surface area contributed by atoms with Crippen LogP contribution in [0.1, 0.15) is 36.7 Å². The van der Waals surface area contributed by atoms with Crippen LogP contribution in [0.15, 0.2) is 28.8 Å². The third-order valence-electron chi connectivity index (χ3n) is 3.30. The van der Waals surface area contributed by atoms with Gasteiger partial charge in [-0.3, -0.25) is 0 Å². The van der Waals surface area contributed by atoms with Crippen molar-refractivity contribution < 1.29 is 14.4 Å². The van der Waals surface area contributed by atoms with E-state index in [1.165, 1.54) is 0 Å². The summed E-state index contributed by atoms with van der Waals surface area (Å²) < 4.78 is 10.9. The zero-order valence-electron chi connectivity index (χ0n) is 10.7. The molecule has 5 heteroatoms. The van der Waals surface area contributed by atoms with E-state index < -0.39 is 6.10 Å². The lowest BCUT2D eigenvalue weighted by molar-refractivity contribution is 0.158. The summed E-state index contributed by atoms with van der Waals surface area (Å²) in [7, 11) is 0. The number of aromatic nitrogens is 2. The molecule has 3 rings (SSSR count). The number of nitrogens with zero attached hydrogens (tertiary/aromatic N) is 2. The molecule has 1 aliphatic rings. The maximum atomic E-state index is 9.57. The molecule has 0 spiro atoms. The Hall–Kier alpha value is -1.88. The normalized spacial score (nSPS) is 18.9. The highest BCUT2D eigenvalue weighted by Gasteiger charge is 2.28. The van der Waals surface area contributed by atoms with Crippen LogP contribution in [0.5, 0.6) is 5.75 Å². The molecule has 0 saturated carbocycles. The molecule has 19 heavy (non-hydrogen) atoms. The Morgan fingerprint density at radius 3 is 3.05 bits per heavy atom. The van der Waals surface area contributed by atoms with E-state index in [0.717, 1.165) is 17.7 Å². The monoisotopic (exact) mass is 260 g/mol. The molecule has 2 aromatic rings. The van der Waals surface area contributed by atoms with E-state index >= 15 is 0 Å². The van der Waals surface area contributed by atoms with E-state index in [9.17, 15) is 5.11 Å². The van der Waals surface area contributed by atoms with Crippen LogP contribution >= 0.6 is 0 Å². The van der Waals surface area contributed by atoms with Crippen molar-refractivity contribution in [3.63, 3.8) is 0 Å². The molecule has 1 aromatic heterocycles. The maximum absolute atomic E-state index is 9.57. The van der Waals surface area contributed by atoms with Crippen LogP contribution in [0.3, 0.4) is 0 Å². The first-order valence-corrected chi connectivity index (χ1v) is 6.51. The zero-order chi connectivity index (χ0) is 13.2. The highest BCUT2D eigenvalue weighted by Crippen LogP contribution is 2.35. The van der Waals surface area contributed by atoms with E-state index in [0.29, 0.717) is 24.6 Å². The summed E-state index contributed by atoms with van der Waals surface area (Å²) in [6.45, 7) is 1.92. The highest BCUT2D eigenvalue weighted by atomic mass is 16.5. The van der Waals surface area contributed by atoms with Gasteiger partial charge in [0.1, 0.15) is 5.75 Å². The lowest BCUT2D eigenvalue weighted by Crippen LogP contribution is -2.09. The topological polar surface area (TPSA) is 68.4 Å². The van der Waals surface area contributed by atoms with Gasteiger partial charge in [0.25, 0.3) is 0 Å². The largest absolute Gasteiger partial charge is 0.482 e. The van der Waals surface area contributed by atoms with Gasteiger partial charge >= 0.3 is 0 Å². The maximum Gasteiger partial charge on any atom is 0.229 e. The van der Waals surface area contributed by atoms with Crippen LogP contribution in [0.2, 0.25) is 0 Å². The van der Waals surface area contributed by atoms with Gasteiger partial charge in [-0.2, -0.15) is 4.98 Å². The van der Waals surface area contributed by atoms with Crippen molar-refractivity contribution in [2.24, 2.45) is 0 Å². The Morgan fingerprint density at radius 1 is 1.42 bits per heavy atom. The minimum Gasteiger partial charge on any atom is -0.482 e. The van der Waals surface area contributed by atoms with Gasteiger partial charge < -0.3 is 14.4 Å². The quantitative estimate of drug-likeness (QED) is 0.911. The van der Waals surface area contributed by atoms with E-state index in [1.54, 1.807) is 0 Å². The minimum atomic E-state index is -0.435. The number of rotatable bonds is 4. The number of fused-ring (bicyclic) bond motifs is 1. The third-order valence-corrected chi connectivity index (χ3v) is 3.30. The van der Waals surface area contributed by atoms with Crippen molar-refractivity contribution in [2.75, 3.05) is 0 Å². The Morgan fingerprint density at radius 2 is 2.26 bits per heavy atom. The van der Waals surface area contributed by atoms with Gasteiger partial charge in [0, 0.05) is 6.42 Å². The number of aliphatic hydroxyl groups excluding tert-OH is 1. The van der Waals surface area contributed by atoms with Crippen molar-refractivity contribution in [1.82, 2.24) is 10.1 Å². The van der Waals surface area contributed by atoms with E-state index in [4.69, 9.17) is 9.26 Å². The average molecular weight is 260 g/mol. The van der Waals surface area contributed by atoms with Gasteiger partial charge in [-0.05, 0) is 18.1 Å². The Labute approximate surface area is 111 Å². The highest BCUT2D eigenvalue weighted by molar-refractivity contribution is 5.37. The van der Waals surface area contributed by atoms with Gasteiger partial charge in [0.15, 0.2) is 6.10 Å². The first kappa shape index (κ1) is 12.2. The summed E-state index contributed by atoms with van der Waals surface area (Å²) in [5.74, 6) is 1.89. The first-order valence-electron chi connectivity index (χ1n) is 6.51. The molecule has 0 saturated heterocycles. The second kappa shape index (κ2) is 5.01. The molecule has 2 unspecified atom stereocenters. The second-order valence-corrected chi connectivity index (χ2v) is 4.73. The zero-order valence-corrected chi connectivity index (χ0v) is 10.7. The lowest BCUT2D eigenvalue weighted by atomic mass is 10.1. The smallest absolute Gasteiger partial charge is 0.229 e. The molecule has 5 nitrogen and oxygen atoms in total. The lowest BCUT2D eigenvalue weighted by Gasteiger charge is -2.04. The number of hydrogen-bond acceptors (Lipinski definition) is 5. The number of para-hydroxylation sites is 1. The van der Waals surface area contributed by atoms with Crippen molar-refractivity contribution in [3.8, 4) is 5.75 Å². The molecule has 0 aliphatic carbocycles. The fourth-order valence-electron chi connectivity index (χ4n) is 2.15. The predicted octanol–water partition coefficient (Wildman–Crippen LogP) is 2.06. The minimum absolute atomic E-state index is 0.186. The van der Waals surface area contributed by atoms with Crippen molar-refractivity contribution in [1.29, 1.82) is 0 Å². The van der Waals surface area contributed by atoms with Crippen LogP contribution in [0.25, 0.3) is 0 Å². The summed E-state index contributed by atoms with van der Waals surface area (Å²) >= 11 is 0. The molecule has 0 bridgehead atoms. The van der Waals surface area contributed by atoms with E-state index in [1.807, 2.05) is 31.2 Å². The Kier molecular flexibility index (Phi) is 3.21. The number of benzene rings is 1. The molecule has 1 N–H and O–H groups in total. The molecule has 100 valence electrons. The standard InChI is InChI=1S/C14H16N2O3/c1-2-10(17)8-13-15-14(16-19-13)12-7-9-5-3-4-6-11(9)18-12/h3-6,10,12,17H,2,7-8H2,1H3. The Bertz CT molecular complexity index is 542. The second-order valence-electron chi connectivity index (χ2n) is 4.73. The number of ether oxygens (including phenoxy) is 1. The van der Waals surface area contributed by atoms with E-state index in [-0.39, 0.29) is 6.10 Å². The van der Waals surface area contributed by atoms with Crippen molar-refractivity contribution in [3.05, 3.63) is 41.5 Å². The van der Waals surface area contributed by atoms with Crippen LogP contribution < -0.4 is 4.74 Å². The molecule has 0 amide bonds. The molecule has 2 atom stereocenters. The third kappa shape index (κ3) is 2.46. The summed E-state index contributed by atoms with van der Waals surface area (Å²) in [5.41, 5.74) is 1.16. The summed E-state index contributed by atoms with van der Waals surface area (Å²) in [4.78, 5) is 4.30. The summed E-state index contributed by atoms with van der Waals surface area (Å²) in [6.07, 6.45) is 1.20. The molecule has 1 aliphatic heterocycles.